The van der Waals surface area contributed by atoms with Crippen LogP contribution < -0.4 is 0 Å². The van der Waals surface area contributed by atoms with Crippen LogP contribution in [0.4, 0.5) is 4.39 Å². The predicted octanol–water partition coefficient (Wildman–Crippen LogP) is 5.33. The van der Waals surface area contributed by atoms with Gasteiger partial charge in [-0.1, -0.05) is 37.7 Å². The number of aliphatic imine (C=N–C) groups is 1. The van der Waals surface area contributed by atoms with Crippen LogP contribution in [0.2, 0.25) is 19.6 Å². The van der Waals surface area contributed by atoms with E-state index in [9.17, 15) is 9.18 Å². The highest BCUT2D eigenvalue weighted by Gasteiger charge is 2.30. The van der Waals surface area contributed by atoms with Crippen LogP contribution >= 0.6 is 0 Å². The smallest absolute Gasteiger partial charge is 0.358 e. The normalized spacial score (nSPS) is 14.8. The summed E-state index contributed by atoms with van der Waals surface area (Å²) < 4.78 is 22.0. The number of esters is 1. The number of carbonyl (C=O) groups is 1. The maximum atomic E-state index is 14.9. The van der Waals surface area contributed by atoms with E-state index in [0.717, 1.165) is 16.8 Å². The van der Waals surface area contributed by atoms with Gasteiger partial charge in [0, 0.05) is 16.7 Å². The highest BCUT2D eigenvalue weighted by atomic mass is 28.3. The Morgan fingerprint density at radius 3 is 2.64 bits per heavy atom. The molecule has 0 radical (unpaired) electrons. The molecule has 4 rings (SSSR count). The largest absolute Gasteiger partial charge is 0.461 e. The van der Waals surface area contributed by atoms with Gasteiger partial charge in [0.25, 0.3) is 0 Å². The van der Waals surface area contributed by atoms with Gasteiger partial charge in [0.15, 0.2) is 5.69 Å². The van der Waals surface area contributed by atoms with E-state index in [1.807, 2.05) is 29.7 Å². The third-order valence-electron chi connectivity index (χ3n) is 5.21. The molecule has 2 aromatic carbocycles. The van der Waals surface area contributed by atoms with E-state index in [1.54, 1.807) is 31.5 Å². The molecule has 1 atom stereocenters. The van der Waals surface area contributed by atoms with Gasteiger partial charge in [-0.2, -0.15) is 0 Å². The van der Waals surface area contributed by atoms with Crippen molar-refractivity contribution in [3.8, 4) is 17.2 Å². The number of nitrogens with zero attached hydrogens (tertiary/aromatic N) is 3. The summed E-state index contributed by atoms with van der Waals surface area (Å²) in [5, 5.41) is 0. The summed E-state index contributed by atoms with van der Waals surface area (Å²) in [4.78, 5) is 21.8. The Kier molecular flexibility index (Phi) is 6.04. The number of hydrogen-bond acceptors (Lipinski definition) is 4. The van der Waals surface area contributed by atoms with Crippen molar-refractivity contribution >= 4 is 19.8 Å². The number of carbonyl (C=O) groups excluding carboxylic acids is 1. The first kappa shape index (κ1) is 22.7. The molecule has 3 aromatic rings. The van der Waals surface area contributed by atoms with Crippen LogP contribution in [-0.4, -0.2) is 35.9 Å². The minimum absolute atomic E-state index is 0.219. The van der Waals surface area contributed by atoms with Crippen LogP contribution in [0.15, 0.2) is 53.8 Å². The number of fused-ring (bicyclic) bond motifs is 3. The van der Waals surface area contributed by atoms with E-state index in [-0.39, 0.29) is 18.1 Å². The van der Waals surface area contributed by atoms with E-state index < -0.39 is 20.1 Å². The van der Waals surface area contributed by atoms with Gasteiger partial charge in [0.2, 0.25) is 0 Å². The molecule has 0 N–H and O–H groups in total. The number of aromatic nitrogens is 2. The summed E-state index contributed by atoms with van der Waals surface area (Å²) in [7, 11) is -1.58. The number of rotatable bonds is 3. The molecule has 2 heterocycles. The maximum absolute atomic E-state index is 14.9. The molecule has 1 aromatic heterocycles. The third-order valence-corrected chi connectivity index (χ3v) is 6.09. The Morgan fingerprint density at radius 1 is 1.18 bits per heavy atom. The van der Waals surface area contributed by atoms with E-state index in [4.69, 9.17) is 9.73 Å². The summed E-state index contributed by atoms with van der Waals surface area (Å²) in [6, 6.07) is 11.9. The van der Waals surface area contributed by atoms with Crippen LogP contribution in [-0.2, 0) is 4.74 Å². The quantitative estimate of drug-likeness (QED) is 0.302. The SMILES string of the molecule is CCOC(=O)c1ncn2c1[C@@H](C)N=C(c1ccccc1F)c1cc(C#C[Si](C)(C)C)ccc1-2. The summed E-state index contributed by atoms with van der Waals surface area (Å²) >= 11 is 0. The van der Waals surface area contributed by atoms with Crippen molar-refractivity contribution in [2.45, 2.75) is 39.5 Å². The van der Waals surface area contributed by atoms with Crippen LogP contribution in [0, 0.1) is 17.3 Å². The molecule has 168 valence electrons. The minimum atomic E-state index is -1.58. The van der Waals surface area contributed by atoms with Crippen molar-refractivity contribution < 1.29 is 13.9 Å². The molecule has 33 heavy (non-hydrogen) atoms. The van der Waals surface area contributed by atoms with E-state index in [2.05, 4.69) is 36.1 Å². The van der Waals surface area contributed by atoms with Crippen molar-refractivity contribution in [1.82, 2.24) is 9.55 Å². The van der Waals surface area contributed by atoms with Gasteiger partial charge < -0.3 is 4.74 Å². The van der Waals surface area contributed by atoms with Gasteiger partial charge in [0.05, 0.1) is 29.7 Å². The Balaban J connectivity index is 1.98. The molecule has 0 saturated carbocycles. The lowest BCUT2D eigenvalue weighted by molar-refractivity contribution is 0.0518. The lowest BCUT2D eigenvalue weighted by atomic mass is 9.98. The molecule has 5 nitrogen and oxygen atoms in total. The van der Waals surface area contributed by atoms with E-state index in [0.29, 0.717) is 17.0 Å². The van der Waals surface area contributed by atoms with Crippen LogP contribution in [0.5, 0.6) is 0 Å². The average Bonchev–Trinajstić information content (AvgIpc) is 3.17. The summed E-state index contributed by atoms with van der Waals surface area (Å²) in [6.45, 7) is 10.4. The molecule has 0 fully saturated rings. The first-order valence-corrected chi connectivity index (χ1v) is 14.4. The standard InChI is InChI=1S/C26H26FN3O2Si/c1-6-32-26(31)24-25-17(2)29-23(19-9-7-8-10-21(19)27)20-15-18(13-14-33(3,4)5)11-12-22(20)30(25)16-28-24/h7-12,15-17H,6H2,1-5H3/t17-/m1/s1. The number of benzene rings is 2. The average molecular weight is 460 g/mol. The zero-order valence-electron chi connectivity index (χ0n) is 19.4. The molecule has 0 unspecified atom stereocenters. The molecule has 0 bridgehead atoms. The Morgan fingerprint density at radius 2 is 1.94 bits per heavy atom. The molecule has 1 aliphatic rings. The van der Waals surface area contributed by atoms with Crippen molar-refractivity contribution in [2.75, 3.05) is 6.61 Å². The van der Waals surface area contributed by atoms with Gasteiger partial charge in [-0.05, 0) is 44.2 Å². The van der Waals surface area contributed by atoms with E-state index in [1.165, 1.54) is 6.07 Å². The minimum Gasteiger partial charge on any atom is -0.461 e. The molecule has 0 spiro atoms. The molecule has 0 aliphatic carbocycles. The number of imidazole rings is 1. The Hall–Kier alpha value is -3.50. The molecule has 1 aliphatic heterocycles. The highest BCUT2D eigenvalue weighted by molar-refractivity contribution is 6.83. The topological polar surface area (TPSA) is 56.5 Å². The Labute approximate surface area is 194 Å². The van der Waals surface area contributed by atoms with Crippen LogP contribution in [0.25, 0.3) is 5.69 Å². The number of halogens is 1. The zero-order valence-corrected chi connectivity index (χ0v) is 20.4. The van der Waals surface area contributed by atoms with Gasteiger partial charge in [-0.25, -0.2) is 14.2 Å². The molecular formula is C26H26FN3O2Si. The maximum Gasteiger partial charge on any atom is 0.358 e. The van der Waals surface area contributed by atoms with Crippen LogP contribution in [0.3, 0.4) is 0 Å². The lowest BCUT2D eigenvalue weighted by Crippen LogP contribution is -2.16. The van der Waals surface area contributed by atoms with Gasteiger partial charge in [-0.3, -0.25) is 9.56 Å². The predicted molar refractivity (Wildman–Crippen MR) is 130 cm³/mol. The fourth-order valence-corrected chi connectivity index (χ4v) is 4.29. The fraction of sp³-hybridized carbons (Fsp3) is 0.269. The Bertz CT molecular complexity index is 1330. The van der Waals surface area contributed by atoms with Crippen molar-refractivity contribution in [3.05, 3.63) is 82.7 Å². The molecule has 0 amide bonds. The molecular weight excluding hydrogens is 433 g/mol. The molecule has 0 saturated heterocycles. The number of hydrogen-bond donors (Lipinski definition) is 0. The number of ether oxygens (including phenoxy) is 1. The van der Waals surface area contributed by atoms with Gasteiger partial charge >= 0.3 is 5.97 Å². The lowest BCUT2D eigenvalue weighted by Gasteiger charge is -2.13. The first-order valence-electron chi connectivity index (χ1n) is 10.9. The second-order valence-corrected chi connectivity index (χ2v) is 13.7. The monoisotopic (exact) mass is 459 g/mol. The zero-order chi connectivity index (χ0) is 23.8. The molecule has 7 heteroatoms. The second-order valence-electron chi connectivity index (χ2n) is 8.93. The van der Waals surface area contributed by atoms with Crippen molar-refractivity contribution in [1.29, 1.82) is 0 Å². The summed E-state index contributed by atoms with van der Waals surface area (Å²) in [5.41, 5.74) is 7.47. The van der Waals surface area contributed by atoms with Crippen molar-refractivity contribution in [3.63, 3.8) is 0 Å². The van der Waals surface area contributed by atoms with Gasteiger partial charge in [0.1, 0.15) is 20.2 Å². The third kappa shape index (κ3) is 4.52. The summed E-state index contributed by atoms with van der Waals surface area (Å²) in [6.07, 6.45) is 1.60. The fourth-order valence-electron chi connectivity index (χ4n) is 3.77. The summed E-state index contributed by atoms with van der Waals surface area (Å²) in [5.74, 6) is 2.42. The highest BCUT2D eigenvalue weighted by Crippen LogP contribution is 2.33. The first-order chi connectivity index (χ1) is 15.7. The van der Waals surface area contributed by atoms with E-state index >= 15 is 0 Å². The van der Waals surface area contributed by atoms with Gasteiger partial charge in [-0.15, -0.1) is 5.54 Å². The van der Waals surface area contributed by atoms with Crippen LogP contribution in [0.1, 0.15) is 52.8 Å². The second kappa shape index (κ2) is 8.79. The van der Waals surface area contributed by atoms with Crippen molar-refractivity contribution in [2.24, 2.45) is 4.99 Å².